The Morgan fingerprint density at radius 1 is 0.833 bits per heavy atom. The molecule has 0 saturated heterocycles. The smallest absolute Gasteiger partial charge is 0.338 e. The van der Waals surface area contributed by atoms with E-state index in [0.717, 1.165) is 51.4 Å². The summed E-state index contributed by atoms with van der Waals surface area (Å²) >= 11 is 5.51. The molecule has 2 aliphatic carbocycles. The standard InChI is InChI=1S/C38H51ClO9/c1-4-31(18-11-28(3)36(41)47-33-16-9-27(2)10-17-33)46-37(42)30-14-21-34(22-15-30)48-38(43)29-12-19-32(20-13-29)44-25-7-5-6-8-26-45-35(40)23-24-39/h4,11-13,18-20,27,30,33-34H,1,5-10,14-17,21-26H2,2-3H3/b28-11+,31-18?. The van der Waals surface area contributed by atoms with Gasteiger partial charge in [0.25, 0.3) is 0 Å². The molecular weight excluding hydrogens is 636 g/mol. The number of carbonyl (C=O) groups excluding carboxylic acids is 4. The Morgan fingerprint density at radius 2 is 1.46 bits per heavy atom. The Balaban J connectivity index is 1.32. The summed E-state index contributed by atoms with van der Waals surface area (Å²) in [6.45, 7) is 8.59. The van der Waals surface area contributed by atoms with E-state index in [1.165, 1.54) is 6.08 Å². The predicted molar refractivity (Wildman–Crippen MR) is 184 cm³/mol. The van der Waals surface area contributed by atoms with Gasteiger partial charge in [0.05, 0.1) is 31.1 Å². The van der Waals surface area contributed by atoms with Gasteiger partial charge in [0, 0.05) is 11.5 Å². The number of hydrogen-bond acceptors (Lipinski definition) is 9. The SMILES string of the molecule is C=CC(=C/C=C(\C)C(=O)OC1CCC(C)CC1)OC(=O)C1CCC(OC(=O)c2ccc(OCCCCCCOC(=O)CCCl)cc2)CC1. The van der Waals surface area contributed by atoms with Gasteiger partial charge in [-0.15, -0.1) is 11.6 Å². The third-order valence-corrected chi connectivity index (χ3v) is 8.91. The summed E-state index contributed by atoms with van der Waals surface area (Å²) in [6, 6.07) is 6.87. The molecule has 0 aliphatic heterocycles. The van der Waals surface area contributed by atoms with Gasteiger partial charge in [0.1, 0.15) is 23.7 Å². The van der Waals surface area contributed by atoms with Crippen molar-refractivity contribution in [3.63, 3.8) is 0 Å². The summed E-state index contributed by atoms with van der Waals surface area (Å²) in [5, 5.41) is 0. The summed E-state index contributed by atoms with van der Waals surface area (Å²) in [4.78, 5) is 49.3. The molecule has 3 rings (SSSR count). The van der Waals surface area contributed by atoms with Crippen LogP contribution in [0.15, 0.2) is 60.4 Å². The van der Waals surface area contributed by atoms with E-state index < -0.39 is 5.97 Å². The first-order valence-corrected chi connectivity index (χ1v) is 17.8. The summed E-state index contributed by atoms with van der Waals surface area (Å²) in [7, 11) is 0. The van der Waals surface area contributed by atoms with Gasteiger partial charge in [-0.2, -0.15) is 0 Å². The Kier molecular flexibility index (Phi) is 17.3. The van der Waals surface area contributed by atoms with Gasteiger partial charge in [-0.1, -0.05) is 13.5 Å². The molecule has 9 nitrogen and oxygen atoms in total. The molecule has 10 heteroatoms. The summed E-state index contributed by atoms with van der Waals surface area (Å²) in [6.07, 6.45) is 14.2. The van der Waals surface area contributed by atoms with Crippen LogP contribution in [-0.4, -0.2) is 55.2 Å². The summed E-state index contributed by atoms with van der Waals surface area (Å²) in [5.74, 6) is 0.169. The third-order valence-electron chi connectivity index (χ3n) is 8.72. The molecule has 2 aliphatic rings. The van der Waals surface area contributed by atoms with Crippen LogP contribution in [0, 0.1) is 11.8 Å². The highest BCUT2D eigenvalue weighted by atomic mass is 35.5. The molecule has 0 atom stereocenters. The van der Waals surface area contributed by atoms with Gasteiger partial charge >= 0.3 is 23.9 Å². The molecule has 2 saturated carbocycles. The van der Waals surface area contributed by atoms with Crippen molar-refractivity contribution < 1.29 is 42.9 Å². The summed E-state index contributed by atoms with van der Waals surface area (Å²) < 4.78 is 27.8. The molecule has 0 heterocycles. The molecule has 0 bridgehead atoms. The molecule has 48 heavy (non-hydrogen) atoms. The fraction of sp³-hybridized carbons (Fsp3) is 0.579. The van der Waals surface area contributed by atoms with Gasteiger partial charge in [-0.3, -0.25) is 9.59 Å². The first-order chi connectivity index (χ1) is 23.2. The number of hydrogen-bond donors (Lipinski definition) is 0. The van der Waals surface area contributed by atoms with E-state index in [0.29, 0.717) is 61.7 Å². The van der Waals surface area contributed by atoms with Crippen molar-refractivity contribution in [2.24, 2.45) is 11.8 Å². The molecule has 264 valence electrons. The zero-order valence-electron chi connectivity index (χ0n) is 28.4. The number of rotatable bonds is 18. The first kappa shape index (κ1) is 38.9. The second-order valence-corrected chi connectivity index (χ2v) is 13.0. The van der Waals surface area contributed by atoms with Crippen LogP contribution in [0.4, 0.5) is 0 Å². The monoisotopic (exact) mass is 686 g/mol. The Bertz CT molecular complexity index is 1250. The maximum atomic E-state index is 12.9. The minimum absolute atomic E-state index is 0.0431. The molecular formula is C38H51ClO9. The van der Waals surface area contributed by atoms with E-state index in [1.54, 1.807) is 43.3 Å². The van der Waals surface area contributed by atoms with Crippen LogP contribution in [-0.2, 0) is 33.3 Å². The summed E-state index contributed by atoms with van der Waals surface area (Å²) in [5.41, 5.74) is 0.867. The molecule has 1 aromatic rings. The average Bonchev–Trinajstić information content (AvgIpc) is 3.09. The van der Waals surface area contributed by atoms with Gasteiger partial charge < -0.3 is 23.7 Å². The van der Waals surface area contributed by atoms with Gasteiger partial charge in [-0.05, 0) is 132 Å². The molecule has 0 amide bonds. The van der Waals surface area contributed by atoms with Crippen molar-refractivity contribution in [2.45, 2.75) is 110 Å². The van der Waals surface area contributed by atoms with Crippen LogP contribution < -0.4 is 4.74 Å². The Hall–Kier alpha value is -3.59. The van der Waals surface area contributed by atoms with E-state index in [1.807, 2.05) is 0 Å². The maximum Gasteiger partial charge on any atom is 0.338 e. The lowest BCUT2D eigenvalue weighted by atomic mass is 9.87. The quantitative estimate of drug-likeness (QED) is 0.0287. The molecule has 0 aromatic heterocycles. The second kappa shape index (κ2) is 21.4. The number of benzene rings is 1. The number of unbranched alkanes of at least 4 members (excludes halogenated alkanes) is 3. The number of halogens is 1. The first-order valence-electron chi connectivity index (χ1n) is 17.3. The number of alkyl halides is 1. The highest BCUT2D eigenvalue weighted by molar-refractivity contribution is 6.18. The highest BCUT2D eigenvalue weighted by Crippen LogP contribution is 2.29. The molecule has 0 N–H and O–H groups in total. The second-order valence-electron chi connectivity index (χ2n) is 12.7. The normalized spacial score (nSPS) is 21.5. The van der Waals surface area contributed by atoms with Gasteiger partial charge in [0.15, 0.2) is 0 Å². The molecule has 0 radical (unpaired) electrons. The number of esters is 4. The lowest BCUT2D eigenvalue weighted by Crippen LogP contribution is -2.28. The van der Waals surface area contributed by atoms with Gasteiger partial charge in [-0.25, -0.2) is 9.59 Å². The van der Waals surface area contributed by atoms with Crippen molar-refractivity contribution in [2.75, 3.05) is 19.1 Å². The van der Waals surface area contributed by atoms with E-state index in [9.17, 15) is 19.2 Å². The minimum atomic E-state index is -0.407. The van der Waals surface area contributed by atoms with E-state index >= 15 is 0 Å². The zero-order chi connectivity index (χ0) is 34.7. The van der Waals surface area contributed by atoms with E-state index in [2.05, 4.69) is 13.5 Å². The van der Waals surface area contributed by atoms with Crippen LogP contribution in [0.1, 0.15) is 108 Å². The minimum Gasteiger partial charge on any atom is -0.494 e. The Labute approximate surface area is 290 Å². The largest absolute Gasteiger partial charge is 0.494 e. The van der Waals surface area contributed by atoms with E-state index in [-0.39, 0.29) is 54.1 Å². The van der Waals surface area contributed by atoms with Gasteiger partial charge in [0.2, 0.25) is 0 Å². The van der Waals surface area contributed by atoms with Crippen LogP contribution >= 0.6 is 11.6 Å². The van der Waals surface area contributed by atoms with Crippen LogP contribution in [0.2, 0.25) is 0 Å². The number of carbonyl (C=O) groups is 4. The van der Waals surface area contributed by atoms with Crippen molar-refractivity contribution in [3.8, 4) is 5.75 Å². The Morgan fingerprint density at radius 3 is 2.10 bits per heavy atom. The molecule has 1 aromatic carbocycles. The van der Waals surface area contributed by atoms with Crippen LogP contribution in [0.3, 0.4) is 0 Å². The lowest BCUT2D eigenvalue weighted by molar-refractivity contribution is -0.146. The third kappa shape index (κ3) is 14.3. The number of ether oxygens (including phenoxy) is 5. The fourth-order valence-corrected chi connectivity index (χ4v) is 5.77. The van der Waals surface area contributed by atoms with Crippen LogP contribution in [0.5, 0.6) is 5.75 Å². The topological polar surface area (TPSA) is 114 Å². The van der Waals surface area contributed by atoms with Crippen LogP contribution in [0.25, 0.3) is 0 Å². The molecule has 2 fully saturated rings. The fourth-order valence-electron chi connectivity index (χ4n) is 5.62. The van der Waals surface area contributed by atoms with Crippen molar-refractivity contribution in [1.82, 2.24) is 0 Å². The zero-order valence-corrected chi connectivity index (χ0v) is 29.2. The predicted octanol–water partition coefficient (Wildman–Crippen LogP) is 8.19. The number of allylic oxidation sites excluding steroid dienone is 3. The van der Waals surface area contributed by atoms with E-state index in [4.69, 9.17) is 35.3 Å². The highest BCUT2D eigenvalue weighted by Gasteiger charge is 2.30. The lowest BCUT2D eigenvalue weighted by Gasteiger charge is -2.27. The average molecular weight is 687 g/mol. The maximum absolute atomic E-state index is 12.9. The van der Waals surface area contributed by atoms with Crippen molar-refractivity contribution in [3.05, 3.63) is 66.0 Å². The van der Waals surface area contributed by atoms with Crippen molar-refractivity contribution in [1.29, 1.82) is 0 Å². The van der Waals surface area contributed by atoms with Crippen molar-refractivity contribution >= 4 is 35.5 Å². The molecule has 0 unspecified atom stereocenters. The molecule has 0 spiro atoms.